The summed E-state index contributed by atoms with van der Waals surface area (Å²) >= 11 is 6.09. The molecule has 0 spiro atoms. The highest BCUT2D eigenvalue weighted by Crippen LogP contribution is 2.45. The lowest BCUT2D eigenvalue weighted by Gasteiger charge is -2.18. The van der Waals surface area contributed by atoms with Crippen molar-refractivity contribution in [3.63, 3.8) is 0 Å². The van der Waals surface area contributed by atoms with Crippen LogP contribution in [-0.2, 0) is 9.59 Å². The Kier molecular flexibility index (Phi) is 3.02. The number of rotatable bonds is 1. The fraction of sp³-hybridized carbons (Fsp3) is 0.400. The Morgan fingerprint density at radius 2 is 1.85 bits per heavy atom. The lowest BCUT2D eigenvalue weighted by atomic mass is 10.00. The van der Waals surface area contributed by atoms with Crippen LogP contribution in [0.5, 0.6) is 0 Å². The summed E-state index contributed by atoms with van der Waals surface area (Å²) in [5.74, 6) is -0.401. The van der Waals surface area contributed by atoms with E-state index in [1.807, 2.05) is 6.07 Å². The molecule has 0 N–H and O–H groups in total. The van der Waals surface area contributed by atoms with Gasteiger partial charge in [-0.1, -0.05) is 18.5 Å². The summed E-state index contributed by atoms with van der Waals surface area (Å²) in [6, 6.07) is 6.62. The number of amides is 2. The predicted octanol–water partition coefficient (Wildman–Crippen LogP) is 2.75. The molecule has 1 aliphatic heterocycles. The highest BCUT2D eigenvalue weighted by Gasteiger charge is 2.52. The van der Waals surface area contributed by atoms with Crippen LogP contribution in [0.25, 0.3) is 0 Å². The molecule has 1 aromatic rings. The van der Waals surface area contributed by atoms with Crippen molar-refractivity contribution < 1.29 is 9.59 Å². The van der Waals surface area contributed by atoms with Gasteiger partial charge >= 0.3 is 0 Å². The largest absolute Gasteiger partial charge is 0.274 e. The van der Waals surface area contributed by atoms with Gasteiger partial charge in [0.1, 0.15) is 0 Å². The van der Waals surface area contributed by atoms with Crippen LogP contribution in [0.1, 0.15) is 25.3 Å². The number of benzene rings is 1. The van der Waals surface area contributed by atoms with Crippen molar-refractivity contribution in [1.82, 2.24) is 0 Å². The lowest BCUT2D eigenvalue weighted by Crippen LogP contribution is -2.32. The third-order valence-corrected chi connectivity index (χ3v) is 4.51. The van der Waals surface area contributed by atoms with Crippen LogP contribution < -0.4 is 4.90 Å². The van der Waals surface area contributed by atoms with Crippen molar-refractivity contribution >= 4 is 29.1 Å². The number of anilines is 1. The van der Waals surface area contributed by atoms with Crippen LogP contribution >= 0.6 is 11.6 Å². The number of hydrogen-bond acceptors (Lipinski definition) is 3. The van der Waals surface area contributed by atoms with E-state index in [2.05, 4.69) is 6.92 Å². The average molecular weight is 289 g/mol. The molecular formula is C15H13ClN2O2. The van der Waals surface area contributed by atoms with E-state index >= 15 is 0 Å². The molecule has 1 saturated carbocycles. The first-order valence-corrected chi connectivity index (χ1v) is 6.98. The Bertz CT molecular complexity index is 626. The van der Waals surface area contributed by atoms with Crippen molar-refractivity contribution in [1.29, 1.82) is 5.26 Å². The van der Waals surface area contributed by atoms with Crippen molar-refractivity contribution in [2.45, 2.75) is 19.8 Å². The molecule has 4 nitrogen and oxygen atoms in total. The molecule has 2 unspecified atom stereocenters. The van der Waals surface area contributed by atoms with E-state index in [1.165, 1.54) is 11.0 Å². The second kappa shape index (κ2) is 4.60. The molecular weight excluding hydrogens is 276 g/mol. The van der Waals surface area contributed by atoms with Crippen LogP contribution in [-0.4, -0.2) is 11.8 Å². The molecule has 102 valence electrons. The maximum atomic E-state index is 12.5. The van der Waals surface area contributed by atoms with Gasteiger partial charge in [-0.25, -0.2) is 4.90 Å². The summed E-state index contributed by atoms with van der Waals surface area (Å²) < 4.78 is 0. The van der Waals surface area contributed by atoms with Crippen molar-refractivity contribution in [2.24, 2.45) is 17.8 Å². The summed E-state index contributed by atoms with van der Waals surface area (Å²) in [5.41, 5.74) is 0.721. The Balaban J connectivity index is 2.02. The number of halogens is 1. The average Bonchev–Trinajstić information content (AvgIpc) is 2.91. The molecule has 20 heavy (non-hydrogen) atoms. The first-order chi connectivity index (χ1) is 9.52. The first kappa shape index (κ1) is 13.1. The quantitative estimate of drug-likeness (QED) is 0.747. The van der Waals surface area contributed by atoms with Gasteiger partial charge in [0.15, 0.2) is 0 Å². The van der Waals surface area contributed by atoms with Crippen molar-refractivity contribution in [2.75, 3.05) is 4.90 Å². The minimum atomic E-state index is -0.223. The maximum Gasteiger partial charge on any atom is 0.237 e. The van der Waals surface area contributed by atoms with Gasteiger partial charge in [-0.15, -0.1) is 0 Å². The Morgan fingerprint density at radius 1 is 1.25 bits per heavy atom. The third kappa shape index (κ3) is 1.82. The second-order valence-electron chi connectivity index (χ2n) is 5.58. The smallest absolute Gasteiger partial charge is 0.237 e. The standard InChI is InChI=1S/C15H13ClN2O2/c1-8-4-10-11(5-8)15(20)18(14(10)19)13-6-9(7-17)2-3-12(13)16/h2-3,6,8,10-11H,4-5H2,1H3. The number of carbonyl (C=O) groups excluding carboxylic acids is 2. The normalized spacial score (nSPS) is 28.6. The second-order valence-corrected chi connectivity index (χ2v) is 5.99. The molecule has 0 bridgehead atoms. The zero-order chi connectivity index (χ0) is 14.4. The monoisotopic (exact) mass is 288 g/mol. The number of carbonyl (C=O) groups is 2. The summed E-state index contributed by atoms with van der Waals surface area (Å²) in [7, 11) is 0. The molecule has 1 aliphatic carbocycles. The molecule has 2 atom stereocenters. The summed E-state index contributed by atoms with van der Waals surface area (Å²) in [4.78, 5) is 26.1. The third-order valence-electron chi connectivity index (χ3n) is 4.19. The van der Waals surface area contributed by atoms with E-state index in [-0.39, 0.29) is 23.7 Å². The number of imide groups is 1. The molecule has 1 heterocycles. The van der Waals surface area contributed by atoms with E-state index in [1.54, 1.807) is 12.1 Å². The molecule has 2 aliphatic rings. The number of nitriles is 1. The van der Waals surface area contributed by atoms with Crippen molar-refractivity contribution in [3.8, 4) is 6.07 Å². The first-order valence-electron chi connectivity index (χ1n) is 6.60. The van der Waals surface area contributed by atoms with Crippen LogP contribution in [0.15, 0.2) is 18.2 Å². The number of fused-ring (bicyclic) bond motifs is 1. The predicted molar refractivity (Wildman–Crippen MR) is 74.0 cm³/mol. The fourth-order valence-electron chi connectivity index (χ4n) is 3.27. The van der Waals surface area contributed by atoms with E-state index < -0.39 is 0 Å². The summed E-state index contributed by atoms with van der Waals surface area (Å²) in [6.07, 6.45) is 1.50. The fourth-order valence-corrected chi connectivity index (χ4v) is 3.47. The van der Waals surface area contributed by atoms with Crippen LogP contribution in [0.4, 0.5) is 5.69 Å². The van der Waals surface area contributed by atoms with E-state index in [0.717, 1.165) is 12.8 Å². The van der Waals surface area contributed by atoms with Gasteiger partial charge in [-0.3, -0.25) is 9.59 Å². The van der Waals surface area contributed by atoms with Crippen molar-refractivity contribution in [3.05, 3.63) is 28.8 Å². The lowest BCUT2D eigenvalue weighted by molar-refractivity contribution is -0.123. The van der Waals surface area contributed by atoms with Gasteiger partial charge in [-0.2, -0.15) is 5.26 Å². The van der Waals surface area contributed by atoms with Gasteiger partial charge in [-0.05, 0) is 37.0 Å². The molecule has 3 rings (SSSR count). The molecule has 2 amide bonds. The van der Waals surface area contributed by atoms with E-state index in [9.17, 15) is 9.59 Å². The summed E-state index contributed by atoms with van der Waals surface area (Å²) in [5, 5.41) is 9.26. The highest BCUT2D eigenvalue weighted by molar-refractivity contribution is 6.36. The maximum absolute atomic E-state index is 12.5. The van der Waals surface area contributed by atoms with E-state index in [0.29, 0.717) is 22.2 Å². The van der Waals surface area contributed by atoms with Gasteiger partial charge in [0, 0.05) is 0 Å². The van der Waals surface area contributed by atoms with Crippen LogP contribution in [0.2, 0.25) is 5.02 Å². The Hall–Kier alpha value is -1.86. The zero-order valence-corrected chi connectivity index (χ0v) is 11.7. The van der Waals surface area contributed by atoms with Gasteiger partial charge in [0.05, 0.1) is 34.2 Å². The Labute approximate surface area is 121 Å². The topological polar surface area (TPSA) is 61.2 Å². The summed E-state index contributed by atoms with van der Waals surface area (Å²) in [6.45, 7) is 2.06. The zero-order valence-electron chi connectivity index (χ0n) is 11.0. The molecule has 1 saturated heterocycles. The molecule has 1 aromatic carbocycles. The molecule has 0 radical (unpaired) electrons. The minimum Gasteiger partial charge on any atom is -0.274 e. The minimum absolute atomic E-state index is 0.179. The number of nitrogens with zero attached hydrogens (tertiary/aromatic N) is 2. The van der Waals surface area contributed by atoms with Gasteiger partial charge in [0.2, 0.25) is 11.8 Å². The Morgan fingerprint density at radius 3 is 2.40 bits per heavy atom. The molecule has 0 aromatic heterocycles. The number of hydrogen-bond donors (Lipinski definition) is 0. The molecule has 2 fully saturated rings. The SMILES string of the molecule is CC1CC2C(=O)N(c3cc(C#N)ccc3Cl)C(=O)C2C1. The molecule has 5 heteroatoms. The van der Waals surface area contributed by atoms with Gasteiger partial charge in [0.25, 0.3) is 0 Å². The van der Waals surface area contributed by atoms with Crippen LogP contribution in [0, 0.1) is 29.1 Å². The highest BCUT2D eigenvalue weighted by atomic mass is 35.5. The van der Waals surface area contributed by atoms with Crippen LogP contribution in [0.3, 0.4) is 0 Å². The van der Waals surface area contributed by atoms with Gasteiger partial charge < -0.3 is 0 Å². The van der Waals surface area contributed by atoms with E-state index in [4.69, 9.17) is 16.9 Å².